The number of hydrogen-bond acceptors (Lipinski definition) is 4. The zero-order chi connectivity index (χ0) is 14.7. The number of nitrogens with one attached hydrogen (secondary N) is 1. The van der Waals surface area contributed by atoms with Crippen molar-refractivity contribution in [1.82, 2.24) is 9.88 Å². The van der Waals surface area contributed by atoms with E-state index in [1.54, 1.807) is 13.8 Å². The van der Waals surface area contributed by atoms with Crippen LogP contribution in [0.25, 0.3) is 0 Å². The third-order valence-electron chi connectivity index (χ3n) is 2.65. The zero-order valence-electron chi connectivity index (χ0n) is 10.8. The Balaban J connectivity index is 2.94. The van der Waals surface area contributed by atoms with E-state index in [4.69, 9.17) is 5.11 Å². The van der Waals surface area contributed by atoms with Crippen LogP contribution in [0.4, 0.5) is 5.69 Å². The Labute approximate surface area is 109 Å². The lowest BCUT2D eigenvalue weighted by atomic mass is 10.0. The maximum absolute atomic E-state index is 11.9. The van der Waals surface area contributed by atoms with Gasteiger partial charge in [0.2, 0.25) is 0 Å². The summed E-state index contributed by atoms with van der Waals surface area (Å²) >= 11 is 0. The molecule has 19 heavy (non-hydrogen) atoms. The molecule has 8 nitrogen and oxygen atoms in total. The van der Waals surface area contributed by atoms with Crippen molar-refractivity contribution in [3.63, 3.8) is 0 Å². The van der Waals surface area contributed by atoms with Crippen LogP contribution in [-0.2, 0) is 11.8 Å². The molecular formula is C11H15N3O5. The average molecular weight is 269 g/mol. The lowest BCUT2D eigenvalue weighted by molar-refractivity contribution is -0.384. The average Bonchev–Trinajstić information content (AvgIpc) is 2.67. The summed E-state index contributed by atoms with van der Waals surface area (Å²) in [5.74, 6) is -2.10. The van der Waals surface area contributed by atoms with Gasteiger partial charge in [-0.05, 0) is 5.92 Å². The van der Waals surface area contributed by atoms with Crippen molar-refractivity contribution in [3.05, 3.63) is 28.1 Å². The van der Waals surface area contributed by atoms with Gasteiger partial charge in [-0.1, -0.05) is 13.8 Å². The van der Waals surface area contributed by atoms with E-state index in [1.807, 2.05) is 0 Å². The lowest BCUT2D eigenvalue weighted by Gasteiger charge is -2.17. The van der Waals surface area contributed by atoms with Crippen molar-refractivity contribution < 1.29 is 19.6 Å². The molecule has 0 fully saturated rings. The molecule has 1 amide bonds. The highest BCUT2D eigenvalue weighted by Crippen LogP contribution is 2.15. The molecule has 0 aliphatic heterocycles. The second-order valence-electron chi connectivity index (χ2n) is 4.48. The number of aliphatic carboxylic acids is 1. The quantitative estimate of drug-likeness (QED) is 0.605. The number of carbonyl (C=O) groups is 2. The van der Waals surface area contributed by atoms with Crippen LogP contribution < -0.4 is 5.32 Å². The highest BCUT2D eigenvalue weighted by atomic mass is 16.6. The minimum Gasteiger partial charge on any atom is -0.480 e. The van der Waals surface area contributed by atoms with Gasteiger partial charge in [0.05, 0.1) is 11.1 Å². The summed E-state index contributed by atoms with van der Waals surface area (Å²) in [6.07, 6.45) is 1.19. The van der Waals surface area contributed by atoms with Gasteiger partial charge in [0.15, 0.2) is 0 Å². The molecule has 1 aromatic heterocycles. The molecule has 0 aliphatic rings. The van der Waals surface area contributed by atoms with Crippen molar-refractivity contribution >= 4 is 17.6 Å². The molecule has 0 radical (unpaired) electrons. The predicted molar refractivity (Wildman–Crippen MR) is 65.8 cm³/mol. The fourth-order valence-electron chi connectivity index (χ4n) is 1.60. The number of rotatable bonds is 5. The highest BCUT2D eigenvalue weighted by molar-refractivity contribution is 5.96. The number of nitro groups is 1. The fraction of sp³-hybridized carbons (Fsp3) is 0.455. The summed E-state index contributed by atoms with van der Waals surface area (Å²) < 4.78 is 1.28. The van der Waals surface area contributed by atoms with Crippen molar-refractivity contribution in [2.75, 3.05) is 0 Å². The number of aryl methyl sites for hydroxylation is 1. The van der Waals surface area contributed by atoms with Crippen molar-refractivity contribution in [2.24, 2.45) is 13.0 Å². The van der Waals surface area contributed by atoms with Crippen LogP contribution in [0.1, 0.15) is 24.3 Å². The van der Waals surface area contributed by atoms with Gasteiger partial charge in [-0.25, -0.2) is 4.79 Å². The van der Waals surface area contributed by atoms with Gasteiger partial charge in [0.25, 0.3) is 11.6 Å². The zero-order valence-corrected chi connectivity index (χ0v) is 10.8. The molecule has 1 atom stereocenters. The topological polar surface area (TPSA) is 114 Å². The molecule has 1 aromatic rings. The third-order valence-corrected chi connectivity index (χ3v) is 2.65. The standard InChI is InChI=1S/C11H15N3O5/c1-6(2)9(11(16)17)12-10(15)8-4-7(14(18)19)5-13(8)3/h4-6,9H,1-3H3,(H,12,15)(H,16,17)/t9-/m0/s1. The van der Waals surface area contributed by atoms with Crippen molar-refractivity contribution in [1.29, 1.82) is 0 Å². The van der Waals surface area contributed by atoms with Gasteiger partial charge in [0, 0.05) is 13.1 Å². The summed E-state index contributed by atoms with van der Waals surface area (Å²) in [6.45, 7) is 3.32. The van der Waals surface area contributed by atoms with Gasteiger partial charge < -0.3 is 15.0 Å². The molecule has 0 aromatic carbocycles. The molecule has 0 aliphatic carbocycles. The summed E-state index contributed by atoms with van der Waals surface area (Å²) in [7, 11) is 1.48. The van der Waals surface area contributed by atoms with Crippen molar-refractivity contribution in [3.8, 4) is 0 Å². The van der Waals surface area contributed by atoms with Gasteiger partial charge in [0.1, 0.15) is 11.7 Å². The Morgan fingerprint density at radius 3 is 2.42 bits per heavy atom. The summed E-state index contributed by atoms with van der Waals surface area (Å²) in [5, 5.41) is 21.9. The Morgan fingerprint density at radius 1 is 1.47 bits per heavy atom. The van der Waals surface area contributed by atoms with Gasteiger partial charge in [-0.15, -0.1) is 0 Å². The molecule has 104 valence electrons. The second-order valence-corrected chi connectivity index (χ2v) is 4.48. The Morgan fingerprint density at radius 2 is 2.05 bits per heavy atom. The number of amides is 1. The van der Waals surface area contributed by atoms with Crippen molar-refractivity contribution in [2.45, 2.75) is 19.9 Å². The summed E-state index contributed by atoms with van der Waals surface area (Å²) in [5.41, 5.74) is -0.178. The third kappa shape index (κ3) is 3.30. The molecule has 0 saturated carbocycles. The Bertz CT molecular complexity index is 520. The molecule has 8 heteroatoms. The highest BCUT2D eigenvalue weighted by Gasteiger charge is 2.26. The minimum absolute atomic E-state index is 0.0404. The molecule has 1 rings (SSSR count). The molecule has 0 bridgehead atoms. The van der Waals surface area contributed by atoms with Crippen LogP contribution in [-0.4, -0.2) is 32.5 Å². The first-order valence-electron chi connectivity index (χ1n) is 5.58. The smallest absolute Gasteiger partial charge is 0.326 e. The molecule has 0 saturated heterocycles. The molecule has 2 N–H and O–H groups in total. The van der Waals surface area contributed by atoms with E-state index >= 15 is 0 Å². The molecule has 0 spiro atoms. The second kappa shape index (κ2) is 5.51. The normalized spacial score (nSPS) is 12.2. The molecule has 1 heterocycles. The van der Waals surface area contributed by atoms with Crippen LogP contribution in [0, 0.1) is 16.0 Å². The number of carboxylic acid groups (broad SMARTS) is 1. The largest absolute Gasteiger partial charge is 0.480 e. The lowest BCUT2D eigenvalue weighted by Crippen LogP contribution is -2.44. The van der Waals surface area contributed by atoms with E-state index in [9.17, 15) is 19.7 Å². The Kier molecular flexibility index (Phi) is 4.26. The molecular weight excluding hydrogens is 254 g/mol. The van der Waals surface area contributed by atoms with E-state index < -0.39 is 22.8 Å². The summed E-state index contributed by atoms with van der Waals surface area (Å²) in [4.78, 5) is 32.9. The maximum Gasteiger partial charge on any atom is 0.326 e. The number of carboxylic acids is 1. The van der Waals surface area contributed by atoms with E-state index in [2.05, 4.69) is 5.32 Å². The molecule has 0 unspecified atom stereocenters. The van der Waals surface area contributed by atoms with E-state index in [0.29, 0.717) is 0 Å². The van der Waals surface area contributed by atoms with E-state index in [0.717, 1.165) is 6.07 Å². The first-order valence-corrected chi connectivity index (χ1v) is 5.58. The van der Waals surface area contributed by atoms with Crippen LogP contribution in [0.3, 0.4) is 0 Å². The number of aromatic nitrogens is 1. The van der Waals surface area contributed by atoms with Gasteiger partial charge >= 0.3 is 5.97 Å². The summed E-state index contributed by atoms with van der Waals surface area (Å²) in [6, 6.07) is 0.0654. The number of hydrogen-bond donors (Lipinski definition) is 2. The maximum atomic E-state index is 11.9. The predicted octanol–water partition coefficient (Wildman–Crippen LogP) is 0.772. The van der Waals surface area contributed by atoms with Crippen LogP contribution in [0.5, 0.6) is 0 Å². The monoisotopic (exact) mass is 269 g/mol. The van der Waals surface area contributed by atoms with Crippen LogP contribution >= 0.6 is 0 Å². The van der Waals surface area contributed by atoms with E-state index in [1.165, 1.54) is 17.8 Å². The minimum atomic E-state index is -1.15. The first-order chi connectivity index (χ1) is 8.73. The van der Waals surface area contributed by atoms with Gasteiger partial charge in [-0.2, -0.15) is 0 Å². The Hall–Kier alpha value is -2.38. The first kappa shape index (κ1) is 14.7. The number of nitrogens with zero attached hydrogens (tertiary/aromatic N) is 2. The SMILES string of the molecule is CC(C)[C@H](NC(=O)c1cc([N+](=O)[O-])cn1C)C(=O)O. The number of carbonyl (C=O) groups excluding carboxylic acids is 1. The van der Waals surface area contributed by atoms with E-state index in [-0.39, 0.29) is 17.3 Å². The van der Waals surface area contributed by atoms with Gasteiger partial charge in [-0.3, -0.25) is 14.9 Å². The fourth-order valence-corrected chi connectivity index (χ4v) is 1.60. The van der Waals surface area contributed by atoms with Crippen LogP contribution in [0.15, 0.2) is 12.3 Å². The van der Waals surface area contributed by atoms with Crippen LogP contribution in [0.2, 0.25) is 0 Å².